The lowest BCUT2D eigenvalue weighted by atomic mass is 9.85. The molecule has 0 bridgehead atoms. The SMILES string of the molecule is Cc1cc(C(C)(C)C)c(Cl)cc1-c1cc(=O)c2c(-c3nn(C)cc3C)nccc2[nH]1.Cl. The molecule has 0 saturated carbocycles. The second kappa shape index (κ2) is 8.13. The highest BCUT2D eigenvalue weighted by molar-refractivity contribution is 6.31. The summed E-state index contributed by atoms with van der Waals surface area (Å²) in [6, 6.07) is 7.50. The van der Waals surface area contributed by atoms with E-state index >= 15 is 0 Å². The van der Waals surface area contributed by atoms with Gasteiger partial charge in [-0.15, -0.1) is 12.4 Å². The van der Waals surface area contributed by atoms with Gasteiger partial charge in [-0.1, -0.05) is 38.4 Å². The first kappa shape index (κ1) is 23.0. The highest BCUT2D eigenvalue weighted by atomic mass is 35.5. The molecular formula is C24H26Cl2N4O. The number of nitrogens with zero attached hydrogens (tertiary/aromatic N) is 3. The minimum Gasteiger partial charge on any atom is -0.354 e. The van der Waals surface area contributed by atoms with Gasteiger partial charge >= 0.3 is 0 Å². The fourth-order valence-corrected chi connectivity index (χ4v) is 4.36. The summed E-state index contributed by atoms with van der Waals surface area (Å²) < 4.78 is 1.73. The number of aryl methyl sites for hydroxylation is 3. The fourth-order valence-electron chi connectivity index (χ4n) is 3.91. The number of hydrogen-bond acceptors (Lipinski definition) is 3. The summed E-state index contributed by atoms with van der Waals surface area (Å²) in [5, 5.41) is 5.73. The van der Waals surface area contributed by atoms with Gasteiger partial charge in [0, 0.05) is 36.1 Å². The van der Waals surface area contributed by atoms with Gasteiger partial charge in [-0.05, 0) is 48.1 Å². The van der Waals surface area contributed by atoms with Gasteiger partial charge in [-0.2, -0.15) is 5.10 Å². The zero-order valence-electron chi connectivity index (χ0n) is 18.5. The molecule has 0 spiro atoms. The van der Waals surface area contributed by atoms with Crippen LogP contribution in [0.4, 0.5) is 0 Å². The molecule has 31 heavy (non-hydrogen) atoms. The average molecular weight is 457 g/mol. The van der Waals surface area contributed by atoms with Crippen molar-refractivity contribution in [3.05, 3.63) is 68.6 Å². The Balaban J connectivity index is 0.00000272. The van der Waals surface area contributed by atoms with Crippen LogP contribution in [0.2, 0.25) is 5.02 Å². The van der Waals surface area contributed by atoms with E-state index in [9.17, 15) is 4.79 Å². The number of pyridine rings is 2. The number of aromatic amines is 1. The van der Waals surface area contributed by atoms with E-state index in [1.807, 2.05) is 39.2 Å². The van der Waals surface area contributed by atoms with Crippen LogP contribution in [0.5, 0.6) is 0 Å². The predicted octanol–water partition coefficient (Wildman–Crippen LogP) is 5.98. The van der Waals surface area contributed by atoms with Crippen LogP contribution in [0.3, 0.4) is 0 Å². The summed E-state index contributed by atoms with van der Waals surface area (Å²) in [6.07, 6.45) is 3.62. The molecule has 162 valence electrons. The molecule has 0 radical (unpaired) electrons. The molecule has 3 heterocycles. The van der Waals surface area contributed by atoms with E-state index in [-0.39, 0.29) is 23.3 Å². The molecule has 7 heteroatoms. The van der Waals surface area contributed by atoms with Crippen LogP contribution in [-0.2, 0) is 12.5 Å². The largest absolute Gasteiger partial charge is 0.354 e. The molecule has 3 aromatic heterocycles. The van der Waals surface area contributed by atoms with Crippen LogP contribution < -0.4 is 5.43 Å². The number of halogens is 2. The second-order valence-corrected chi connectivity index (χ2v) is 9.27. The van der Waals surface area contributed by atoms with Crippen LogP contribution in [0.15, 0.2) is 41.5 Å². The highest BCUT2D eigenvalue weighted by Crippen LogP contribution is 2.35. The third-order valence-electron chi connectivity index (χ3n) is 5.39. The number of H-pyrrole nitrogens is 1. The summed E-state index contributed by atoms with van der Waals surface area (Å²) >= 11 is 6.61. The monoisotopic (exact) mass is 456 g/mol. The zero-order valence-corrected chi connectivity index (χ0v) is 20.1. The maximum atomic E-state index is 13.2. The number of rotatable bonds is 2. The first-order chi connectivity index (χ1) is 14.1. The Morgan fingerprint density at radius 1 is 1.06 bits per heavy atom. The van der Waals surface area contributed by atoms with Crippen molar-refractivity contribution in [2.45, 2.75) is 40.0 Å². The zero-order chi connectivity index (χ0) is 21.8. The van der Waals surface area contributed by atoms with Gasteiger partial charge in [0.2, 0.25) is 0 Å². The molecule has 0 atom stereocenters. The summed E-state index contributed by atoms with van der Waals surface area (Å²) in [5.41, 5.74) is 6.66. The van der Waals surface area contributed by atoms with Crippen LogP contribution in [0.1, 0.15) is 37.5 Å². The van der Waals surface area contributed by atoms with E-state index in [2.05, 4.69) is 41.9 Å². The van der Waals surface area contributed by atoms with Crippen molar-refractivity contribution in [3.63, 3.8) is 0 Å². The van der Waals surface area contributed by atoms with E-state index in [4.69, 9.17) is 11.6 Å². The van der Waals surface area contributed by atoms with Gasteiger partial charge in [-0.25, -0.2) is 0 Å². The van der Waals surface area contributed by atoms with Gasteiger partial charge in [-0.3, -0.25) is 14.5 Å². The molecule has 0 fully saturated rings. The summed E-state index contributed by atoms with van der Waals surface area (Å²) in [4.78, 5) is 21.1. The lowest BCUT2D eigenvalue weighted by molar-refractivity contribution is 0.590. The summed E-state index contributed by atoms with van der Waals surface area (Å²) in [6.45, 7) is 10.4. The number of benzene rings is 1. The lowest BCUT2D eigenvalue weighted by Gasteiger charge is -2.22. The molecule has 0 saturated heterocycles. The number of fused-ring (bicyclic) bond motifs is 1. The number of aromatic nitrogens is 4. The van der Waals surface area contributed by atoms with Crippen LogP contribution >= 0.6 is 24.0 Å². The lowest BCUT2D eigenvalue weighted by Crippen LogP contribution is -2.12. The van der Waals surface area contributed by atoms with Gasteiger partial charge in [0.05, 0.1) is 16.6 Å². The Bertz CT molecular complexity index is 1350. The Kier molecular flexibility index (Phi) is 6.05. The average Bonchev–Trinajstić information content (AvgIpc) is 2.99. The second-order valence-electron chi connectivity index (χ2n) is 8.86. The Morgan fingerprint density at radius 2 is 1.77 bits per heavy atom. The van der Waals surface area contributed by atoms with Gasteiger partial charge in [0.15, 0.2) is 5.43 Å². The predicted molar refractivity (Wildman–Crippen MR) is 130 cm³/mol. The van der Waals surface area contributed by atoms with E-state index < -0.39 is 0 Å². The molecule has 5 nitrogen and oxygen atoms in total. The fraction of sp³-hybridized carbons (Fsp3) is 0.292. The van der Waals surface area contributed by atoms with E-state index in [1.54, 1.807) is 16.9 Å². The molecule has 0 amide bonds. The Hall–Kier alpha value is -2.63. The summed E-state index contributed by atoms with van der Waals surface area (Å²) in [5.74, 6) is 0. The Morgan fingerprint density at radius 3 is 2.39 bits per heavy atom. The van der Waals surface area contributed by atoms with Crippen LogP contribution in [0, 0.1) is 13.8 Å². The minimum absolute atomic E-state index is 0. The first-order valence-corrected chi connectivity index (χ1v) is 10.3. The van der Waals surface area contributed by atoms with Crippen molar-refractivity contribution >= 4 is 34.9 Å². The van der Waals surface area contributed by atoms with Crippen LogP contribution in [-0.4, -0.2) is 19.7 Å². The topological polar surface area (TPSA) is 63.6 Å². The Labute approximate surface area is 192 Å². The molecule has 1 aromatic carbocycles. The van der Waals surface area contributed by atoms with Gasteiger partial charge in [0.25, 0.3) is 0 Å². The molecule has 0 unspecified atom stereocenters. The van der Waals surface area contributed by atoms with E-state index in [0.717, 1.165) is 39.2 Å². The van der Waals surface area contributed by atoms with Gasteiger partial charge < -0.3 is 4.98 Å². The quantitative estimate of drug-likeness (QED) is 0.403. The van der Waals surface area contributed by atoms with E-state index in [1.165, 1.54) is 0 Å². The molecule has 4 rings (SSSR count). The first-order valence-electron chi connectivity index (χ1n) is 9.90. The van der Waals surface area contributed by atoms with Crippen molar-refractivity contribution in [1.29, 1.82) is 0 Å². The summed E-state index contributed by atoms with van der Waals surface area (Å²) in [7, 11) is 1.86. The molecule has 4 aromatic rings. The number of nitrogens with one attached hydrogen (secondary N) is 1. The van der Waals surface area contributed by atoms with Crippen molar-refractivity contribution < 1.29 is 0 Å². The number of hydrogen-bond donors (Lipinski definition) is 1. The molecule has 1 N–H and O–H groups in total. The van der Waals surface area contributed by atoms with Crippen molar-refractivity contribution in [1.82, 2.24) is 19.7 Å². The van der Waals surface area contributed by atoms with Gasteiger partial charge in [0.1, 0.15) is 11.4 Å². The third kappa shape index (κ3) is 4.12. The molecular weight excluding hydrogens is 431 g/mol. The molecule has 0 aliphatic carbocycles. The smallest absolute Gasteiger partial charge is 0.192 e. The van der Waals surface area contributed by atoms with Crippen LogP contribution in [0.25, 0.3) is 33.5 Å². The minimum atomic E-state index is -0.0951. The van der Waals surface area contributed by atoms with Crippen molar-refractivity contribution in [3.8, 4) is 22.6 Å². The molecule has 0 aliphatic heterocycles. The normalized spacial score (nSPS) is 11.6. The van der Waals surface area contributed by atoms with E-state index in [0.29, 0.717) is 16.1 Å². The van der Waals surface area contributed by atoms with Crippen molar-refractivity contribution in [2.24, 2.45) is 7.05 Å². The maximum absolute atomic E-state index is 13.2. The third-order valence-corrected chi connectivity index (χ3v) is 5.70. The highest BCUT2D eigenvalue weighted by Gasteiger charge is 2.20. The molecule has 0 aliphatic rings. The maximum Gasteiger partial charge on any atom is 0.192 e. The van der Waals surface area contributed by atoms with Crippen molar-refractivity contribution in [2.75, 3.05) is 0 Å². The standard InChI is InChI=1S/C24H25ClN4O.ClH/c1-13-9-16(24(3,4)5)17(25)10-15(13)19-11-20(30)21-18(27-19)7-8-26-23(21)22-14(2)12-29(6)28-22;/h7-12H,1-6H3,(H,27,30);1H.